The normalized spacial score (nSPS) is 15.1. The zero-order valence-corrected chi connectivity index (χ0v) is 33.3. The molecule has 9 aromatic carbocycles. The molecule has 4 aliphatic heterocycles. The molecule has 58 heavy (non-hydrogen) atoms. The van der Waals surface area contributed by atoms with Gasteiger partial charge in [0, 0.05) is 16.5 Å². The molecule has 0 saturated heterocycles. The van der Waals surface area contributed by atoms with Gasteiger partial charge >= 0.3 is 0 Å². The maximum atomic E-state index is 6.70. The summed E-state index contributed by atoms with van der Waals surface area (Å²) in [4.78, 5) is 2.59. The first-order valence-corrected chi connectivity index (χ1v) is 22.3. The molecule has 0 N–H and O–H groups in total. The molecule has 0 unspecified atom stereocenters. The third-order valence-electron chi connectivity index (χ3n) is 13.6. The van der Waals surface area contributed by atoms with Crippen LogP contribution in [0.25, 0.3) is 33.0 Å². The summed E-state index contributed by atoms with van der Waals surface area (Å²) in [5, 5.41) is 8.55. The van der Waals surface area contributed by atoms with Gasteiger partial charge in [-0.2, -0.15) is 0 Å². The van der Waals surface area contributed by atoms with Crippen LogP contribution in [0.4, 0.5) is 17.1 Å². The van der Waals surface area contributed by atoms with E-state index >= 15 is 0 Å². The van der Waals surface area contributed by atoms with E-state index in [1.54, 1.807) is 0 Å². The Morgan fingerprint density at radius 2 is 0.897 bits per heavy atom. The minimum atomic E-state index is -2.79. The van der Waals surface area contributed by atoms with E-state index in [2.05, 4.69) is 207 Å². The summed E-state index contributed by atoms with van der Waals surface area (Å²) in [6.07, 6.45) is 0. The molecule has 3 heteroatoms. The number of para-hydroxylation sites is 4. The molecule has 0 atom stereocenters. The highest BCUT2D eigenvalue weighted by molar-refractivity contribution is 7.24. The zero-order chi connectivity index (χ0) is 38.3. The van der Waals surface area contributed by atoms with Gasteiger partial charge in [0.15, 0.2) is 8.07 Å². The number of nitrogens with zero attached hydrogens (tertiary/aromatic N) is 1. The molecule has 0 radical (unpaired) electrons. The fourth-order valence-electron chi connectivity index (χ4n) is 11.5. The summed E-state index contributed by atoms with van der Waals surface area (Å²) in [6, 6.07) is 71.1. The van der Waals surface area contributed by atoms with Crippen LogP contribution >= 0.6 is 0 Å². The summed E-state index contributed by atoms with van der Waals surface area (Å²) in [5.74, 6) is 1.80. The van der Waals surface area contributed by atoms with Crippen molar-refractivity contribution in [2.75, 3.05) is 4.90 Å². The van der Waals surface area contributed by atoms with Crippen molar-refractivity contribution in [2.45, 2.75) is 19.3 Å². The fraction of sp³-hybridized carbons (Fsp3) is 0.0545. The SMILES string of the molecule is Cc1ccc2c(c1)[Si]1(c3cc(C)ccc3-2)c2ccccc2-c2c1cc(N1c3ccccc3C3(c4ccccc4Oc4ccccc43)c3ccccc31)c1ccccc21. The van der Waals surface area contributed by atoms with Gasteiger partial charge in [-0.25, -0.2) is 0 Å². The number of hydrogen-bond acceptors (Lipinski definition) is 2. The molecule has 2 nitrogen and oxygen atoms in total. The van der Waals surface area contributed by atoms with Crippen LogP contribution in [0.15, 0.2) is 188 Å². The largest absolute Gasteiger partial charge is 0.457 e. The number of benzene rings is 9. The van der Waals surface area contributed by atoms with Crippen LogP contribution in [0.5, 0.6) is 11.5 Å². The van der Waals surface area contributed by atoms with Gasteiger partial charge in [0.1, 0.15) is 11.5 Å². The molecule has 4 aliphatic rings. The lowest BCUT2D eigenvalue weighted by Crippen LogP contribution is -2.70. The monoisotopic (exact) mass is 755 g/mol. The smallest absolute Gasteiger partial charge is 0.182 e. The van der Waals surface area contributed by atoms with Crippen molar-refractivity contribution in [1.29, 1.82) is 0 Å². The molecule has 0 bridgehead atoms. The Bertz CT molecular complexity index is 3120. The van der Waals surface area contributed by atoms with E-state index in [0.717, 1.165) is 11.5 Å². The number of ether oxygens (including phenoxy) is 1. The second-order valence-electron chi connectivity index (χ2n) is 16.5. The van der Waals surface area contributed by atoms with Crippen LogP contribution in [-0.4, -0.2) is 8.07 Å². The van der Waals surface area contributed by atoms with Crippen molar-refractivity contribution in [3.63, 3.8) is 0 Å². The molecule has 0 saturated carbocycles. The Morgan fingerprint density at radius 3 is 1.52 bits per heavy atom. The number of anilines is 3. The highest BCUT2D eigenvalue weighted by Crippen LogP contribution is 2.63. The maximum Gasteiger partial charge on any atom is 0.182 e. The van der Waals surface area contributed by atoms with Crippen LogP contribution in [-0.2, 0) is 5.41 Å². The van der Waals surface area contributed by atoms with Gasteiger partial charge in [-0.1, -0.05) is 169 Å². The third kappa shape index (κ3) is 3.78. The second-order valence-corrected chi connectivity index (χ2v) is 20.1. The molecule has 2 spiro atoms. The number of hydrogen-bond donors (Lipinski definition) is 0. The van der Waals surface area contributed by atoms with E-state index in [1.165, 1.54) is 104 Å². The van der Waals surface area contributed by atoms with Gasteiger partial charge < -0.3 is 9.64 Å². The predicted molar refractivity (Wildman–Crippen MR) is 242 cm³/mol. The highest BCUT2D eigenvalue weighted by Gasteiger charge is 2.56. The van der Waals surface area contributed by atoms with Crippen molar-refractivity contribution in [1.82, 2.24) is 0 Å². The molecule has 9 aromatic rings. The van der Waals surface area contributed by atoms with Gasteiger partial charge in [-0.3, -0.25) is 0 Å². The lowest BCUT2D eigenvalue weighted by molar-refractivity contribution is 0.434. The minimum Gasteiger partial charge on any atom is -0.457 e. The van der Waals surface area contributed by atoms with Crippen molar-refractivity contribution in [3.8, 4) is 33.8 Å². The highest BCUT2D eigenvalue weighted by atomic mass is 28.3. The van der Waals surface area contributed by atoms with E-state index in [-0.39, 0.29) is 0 Å². The number of rotatable bonds is 1. The van der Waals surface area contributed by atoms with Gasteiger partial charge in [-0.05, 0) is 104 Å². The van der Waals surface area contributed by atoms with Crippen LogP contribution < -0.4 is 30.4 Å². The average molecular weight is 756 g/mol. The fourth-order valence-corrected chi connectivity index (χ4v) is 17.3. The summed E-state index contributed by atoms with van der Waals surface area (Å²) in [6.45, 7) is 4.52. The number of fused-ring (bicyclic) bond motifs is 20. The quantitative estimate of drug-likeness (QED) is 0.155. The lowest BCUT2D eigenvalue weighted by atomic mass is 9.61. The van der Waals surface area contributed by atoms with Crippen LogP contribution in [0.2, 0.25) is 0 Å². The van der Waals surface area contributed by atoms with E-state index in [9.17, 15) is 0 Å². The van der Waals surface area contributed by atoms with E-state index in [0.29, 0.717) is 0 Å². The minimum absolute atomic E-state index is 0.591. The Labute approximate surface area is 339 Å². The van der Waals surface area contributed by atoms with Crippen LogP contribution in [0, 0.1) is 13.8 Å². The molecule has 0 fully saturated rings. The van der Waals surface area contributed by atoms with Crippen molar-refractivity contribution in [3.05, 3.63) is 221 Å². The van der Waals surface area contributed by atoms with Gasteiger partial charge in [-0.15, -0.1) is 0 Å². The molecule has 0 aliphatic carbocycles. The Hall–Kier alpha value is -6.94. The van der Waals surface area contributed by atoms with Crippen molar-refractivity contribution >= 4 is 56.7 Å². The molecule has 13 rings (SSSR count). The average Bonchev–Trinajstić information content (AvgIpc) is 3.72. The first kappa shape index (κ1) is 32.2. The summed E-state index contributed by atoms with van der Waals surface area (Å²) < 4.78 is 6.70. The number of aryl methyl sites for hydroxylation is 2. The molecular weight excluding hydrogens is 719 g/mol. The molecule has 4 heterocycles. The summed E-state index contributed by atoms with van der Waals surface area (Å²) in [5.41, 5.74) is 16.0. The van der Waals surface area contributed by atoms with Gasteiger partial charge in [0.05, 0.1) is 22.5 Å². The van der Waals surface area contributed by atoms with Crippen molar-refractivity contribution in [2.24, 2.45) is 0 Å². The molecule has 0 aromatic heterocycles. The summed E-state index contributed by atoms with van der Waals surface area (Å²) in [7, 11) is -2.79. The lowest BCUT2D eigenvalue weighted by Gasteiger charge is -2.48. The van der Waals surface area contributed by atoms with E-state index in [1.807, 2.05) is 0 Å². The first-order chi connectivity index (χ1) is 28.6. The topological polar surface area (TPSA) is 12.5 Å². The third-order valence-corrected chi connectivity index (χ3v) is 18.5. The Balaban J connectivity index is 1.18. The standard InChI is InChI=1S/C55H37NOSi/c1-34-27-29-37-38-30-28-35(2)32-52(38)58(51(37)31-34)50-26-14-5-17-40(50)54-39-16-4-3-15-36(39)47(33-53(54)58)56-45-22-10-6-18-41(45)55(42-19-7-11-23-46(42)56)43-20-8-12-24-48(43)57-49-25-13-9-21-44(49)55/h3-33H,1-2H3. The van der Waals surface area contributed by atoms with Gasteiger partial charge in [0.2, 0.25) is 0 Å². The van der Waals surface area contributed by atoms with E-state index in [4.69, 9.17) is 4.74 Å². The van der Waals surface area contributed by atoms with E-state index < -0.39 is 13.5 Å². The first-order valence-electron chi connectivity index (χ1n) is 20.3. The van der Waals surface area contributed by atoms with Gasteiger partial charge in [0.25, 0.3) is 0 Å². The van der Waals surface area contributed by atoms with Crippen LogP contribution in [0.1, 0.15) is 33.4 Å². The van der Waals surface area contributed by atoms with Crippen LogP contribution in [0.3, 0.4) is 0 Å². The Kier molecular flexibility index (Phi) is 6.29. The maximum absolute atomic E-state index is 6.70. The molecule has 0 amide bonds. The summed E-state index contributed by atoms with van der Waals surface area (Å²) >= 11 is 0. The zero-order valence-electron chi connectivity index (χ0n) is 32.3. The second kappa shape index (κ2) is 11.3. The Morgan fingerprint density at radius 1 is 0.397 bits per heavy atom. The van der Waals surface area contributed by atoms with Crippen molar-refractivity contribution < 1.29 is 4.74 Å². The molecular formula is C55H37NOSi. The predicted octanol–water partition coefficient (Wildman–Crippen LogP) is 11.1. The molecule has 272 valence electrons.